The van der Waals surface area contributed by atoms with Crippen LogP contribution in [0.4, 0.5) is 11.4 Å². The minimum Gasteiger partial charge on any atom is -0.399 e. The summed E-state index contributed by atoms with van der Waals surface area (Å²) in [5, 5.41) is 0.507. The van der Waals surface area contributed by atoms with E-state index in [1.54, 1.807) is 23.1 Å². The number of nitrogens with zero attached hydrogens (tertiary/aromatic N) is 1. The van der Waals surface area contributed by atoms with Crippen molar-refractivity contribution in [1.29, 1.82) is 0 Å². The third-order valence-corrected chi connectivity index (χ3v) is 3.66. The largest absolute Gasteiger partial charge is 0.399 e. The molecular weight excluding hydrogens is 260 g/mol. The van der Waals surface area contributed by atoms with E-state index in [1.165, 1.54) is 0 Å². The highest BCUT2D eigenvalue weighted by atomic mass is 35.5. The van der Waals surface area contributed by atoms with Gasteiger partial charge in [-0.15, -0.1) is 0 Å². The smallest absolute Gasteiger partial charge is 0.258 e. The zero-order chi connectivity index (χ0) is 13.4. The van der Waals surface area contributed by atoms with E-state index in [2.05, 4.69) is 0 Å². The van der Waals surface area contributed by atoms with Crippen molar-refractivity contribution in [3.63, 3.8) is 0 Å². The molecular formula is C15H13ClN2O. The molecule has 4 heteroatoms. The van der Waals surface area contributed by atoms with Crippen LogP contribution in [0.5, 0.6) is 0 Å². The lowest BCUT2D eigenvalue weighted by atomic mass is 9.98. The van der Waals surface area contributed by atoms with E-state index in [9.17, 15) is 4.79 Å². The maximum absolute atomic E-state index is 12.5. The van der Waals surface area contributed by atoms with Gasteiger partial charge in [-0.1, -0.05) is 29.8 Å². The highest BCUT2D eigenvalue weighted by Gasteiger charge is 2.26. The monoisotopic (exact) mass is 272 g/mol. The van der Waals surface area contributed by atoms with Crippen LogP contribution in [0.15, 0.2) is 42.5 Å². The summed E-state index contributed by atoms with van der Waals surface area (Å²) >= 11 is 6.18. The molecule has 1 heterocycles. The van der Waals surface area contributed by atoms with Gasteiger partial charge in [0.15, 0.2) is 0 Å². The van der Waals surface area contributed by atoms with Crippen molar-refractivity contribution in [2.75, 3.05) is 17.2 Å². The molecule has 1 amide bonds. The number of hydrogen-bond acceptors (Lipinski definition) is 2. The predicted octanol–water partition coefficient (Wildman–Crippen LogP) is 3.13. The van der Waals surface area contributed by atoms with Crippen LogP contribution in [0.3, 0.4) is 0 Å². The molecule has 0 atom stereocenters. The molecule has 0 unspecified atom stereocenters. The number of rotatable bonds is 1. The van der Waals surface area contributed by atoms with Crippen molar-refractivity contribution in [3.05, 3.63) is 58.6 Å². The maximum atomic E-state index is 12.5. The van der Waals surface area contributed by atoms with Gasteiger partial charge in [-0.3, -0.25) is 4.79 Å². The van der Waals surface area contributed by atoms with Crippen LogP contribution < -0.4 is 10.6 Å². The summed E-state index contributed by atoms with van der Waals surface area (Å²) in [6, 6.07) is 12.9. The predicted molar refractivity (Wildman–Crippen MR) is 77.7 cm³/mol. The fraction of sp³-hybridized carbons (Fsp3) is 0.133. The van der Waals surface area contributed by atoms with Gasteiger partial charge >= 0.3 is 0 Å². The van der Waals surface area contributed by atoms with Crippen LogP contribution in [0.2, 0.25) is 5.02 Å². The number of nitrogens with two attached hydrogens (primary N) is 1. The molecule has 19 heavy (non-hydrogen) atoms. The molecule has 0 aromatic heterocycles. The van der Waals surface area contributed by atoms with Crippen molar-refractivity contribution < 1.29 is 4.79 Å². The van der Waals surface area contributed by atoms with Crippen LogP contribution in [0.25, 0.3) is 0 Å². The van der Waals surface area contributed by atoms with Crippen molar-refractivity contribution in [2.45, 2.75) is 6.42 Å². The molecule has 0 aliphatic carbocycles. The van der Waals surface area contributed by atoms with Crippen molar-refractivity contribution in [1.82, 2.24) is 0 Å². The normalized spacial score (nSPS) is 14.4. The Balaban J connectivity index is 2.02. The summed E-state index contributed by atoms with van der Waals surface area (Å²) < 4.78 is 0. The molecule has 0 saturated heterocycles. The van der Waals surface area contributed by atoms with Gasteiger partial charge in [0, 0.05) is 17.8 Å². The van der Waals surface area contributed by atoms with E-state index in [0.717, 1.165) is 23.2 Å². The van der Waals surface area contributed by atoms with E-state index >= 15 is 0 Å². The van der Waals surface area contributed by atoms with Gasteiger partial charge in [0.2, 0.25) is 0 Å². The molecule has 2 N–H and O–H groups in total. The molecule has 0 spiro atoms. The summed E-state index contributed by atoms with van der Waals surface area (Å²) in [4.78, 5) is 14.2. The van der Waals surface area contributed by atoms with Crippen LogP contribution in [-0.2, 0) is 6.42 Å². The van der Waals surface area contributed by atoms with Gasteiger partial charge in [0.25, 0.3) is 5.91 Å². The molecule has 2 aromatic carbocycles. The minimum atomic E-state index is -0.00600. The molecule has 1 aliphatic rings. The summed E-state index contributed by atoms with van der Waals surface area (Å²) in [6.07, 6.45) is 0.836. The lowest BCUT2D eigenvalue weighted by Gasteiger charge is -2.29. The third kappa shape index (κ3) is 2.06. The summed E-state index contributed by atoms with van der Waals surface area (Å²) in [5.41, 5.74) is 8.84. The zero-order valence-corrected chi connectivity index (χ0v) is 11.0. The van der Waals surface area contributed by atoms with Gasteiger partial charge < -0.3 is 10.6 Å². The SMILES string of the molecule is Nc1ccc(N2CCc3ccccc3C2=O)c(Cl)c1. The molecule has 0 saturated carbocycles. The topological polar surface area (TPSA) is 46.3 Å². The fourth-order valence-electron chi connectivity index (χ4n) is 2.40. The number of nitrogen functional groups attached to an aromatic ring is 1. The van der Waals surface area contributed by atoms with Crippen molar-refractivity contribution in [3.8, 4) is 0 Å². The second kappa shape index (κ2) is 4.59. The van der Waals surface area contributed by atoms with Gasteiger partial charge in [-0.05, 0) is 36.2 Å². The number of amides is 1. The Hall–Kier alpha value is -2.00. The first-order valence-electron chi connectivity index (χ1n) is 6.11. The van der Waals surface area contributed by atoms with Gasteiger partial charge in [0.1, 0.15) is 0 Å². The fourth-order valence-corrected chi connectivity index (χ4v) is 2.69. The Morgan fingerprint density at radius 3 is 2.74 bits per heavy atom. The van der Waals surface area contributed by atoms with Gasteiger partial charge in [0.05, 0.1) is 10.7 Å². The number of hydrogen-bond donors (Lipinski definition) is 1. The average Bonchev–Trinajstić information content (AvgIpc) is 2.41. The zero-order valence-electron chi connectivity index (χ0n) is 10.3. The van der Waals surface area contributed by atoms with E-state index in [4.69, 9.17) is 17.3 Å². The second-order valence-corrected chi connectivity index (χ2v) is 4.98. The van der Waals surface area contributed by atoms with Crippen molar-refractivity contribution in [2.24, 2.45) is 0 Å². The molecule has 96 valence electrons. The van der Waals surface area contributed by atoms with E-state index in [-0.39, 0.29) is 5.91 Å². The standard InChI is InChI=1S/C15H13ClN2O/c16-13-9-11(17)5-6-14(13)18-8-7-10-3-1-2-4-12(10)15(18)19/h1-6,9H,7-8,17H2. The summed E-state index contributed by atoms with van der Waals surface area (Å²) in [6.45, 7) is 0.638. The van der Waals surface area contributed by atoms with Crippen LogP contribution in [0.1, 0.15) is 15.9 Å². The molecule has 1 aliphatic heterocycles. The molecule has 0 bridgehead atoms. The molecule has 0 fully saturated rings. The Kier molecular flexibility index (Phi) is 2.91. The maximum Gasteiger partial charge on any atom is 0.258 e. The molecule has 3 nitrogen and oxygen atoms in total. The highest BCUT2D eigenvalue weighted by molar-refractivity contribution is 6.34. The second-order valence-electron chi connectivity index (χ2n) is 4.57. The Morgan fingerprint density at radius 2 is 1.95 bits per heavy atom. The van der Waals surface area contributed by atoms with Crippen LogP contribution in [0, 0.1) is 0 Å². The lowest BCUT2D eigenvalue weighted by molar-refractivity contribution is 0.0980. The lowest BCUT2D eigenvalue weighted by Crippen LogP contribution is -2.37. The van der Waals surface area contributed by atoms with E-state index < -0.39 is 0 Å². The molecule has 3 rings (SSSR count). The molecule has 0 radical (unpaired) electrons. The van der Waals surface area contributed by atoms with Crippen molar-refractivity contribution >= 4 is 28.9 Å². The first-order valence-corrected chi connectivity index (χ1v) is 6.49. The number of benzene rings is 2. The van der Waals surface area contributed by atoms with Gasteiger partial charge in [-0.25, -0.2) is 0 Å². The number of halogens is 1. The number of anilines is 2. The first-order chi connectivity index (χ1) is 9.16. The Labute approximate surface area is 116 Å². The van der Waals surface area contributed by atoms with E-state index in [1.807, 2.05) is 24.3 Å². The van der Waals surface area contributed by atoms with Crippen LogP contribution >= 0.6 is 11.6 Å². The number of carbonyl (C=O) groups is 1. The first kappa shape index (κ1) is 12.1. The number of fused-ring (bicyclic) bond motifs is 1. The number of carbonyl (C=O) groups excluding carboxylic acids is 1. The highest BCUT2D eigenvalue weighted by Crippen LogP contribution is 2.31. The molecule has 2 aromatic rings. The average molecular weight is 273 g/mol. The van der Waals surface area contributed by atoms with Crippen LogP contribution in [-0.4, -0.2) is 12.5 Å². The summed E-state index contributed by atoms with van der Waals surface area (Å²) in [7, 11) is 0. The van der Waals surface area contributed by atoms with Gasteiger partial charge in [-0.2, -0.15) is 0 Å². The minimum absolute atomic E-state index is 0.00600. The third-order valence-electron chi connectivity index (χ3n) is 3.36. The quantitative estimate of drug-likeness (QED) is 0.811. The summed E-state index contributed by atoms with van der Waals surface area (Å²) in [5.74, 6) is -0.00600. The Bertz CT molecular complexity index is 654. The van der Waals surface area contributed by atoms with E-state index in [0.29, 0.717) is 17.3 Å². The Morgan fingerprint density at radius 1 is 1.16 bits per heavy atom.